The van der Waals surface area contributed by atoms with Gasteiger partial charge in [-0.3, -0.25) is 9.79 Å². The Hall–Kier alpha value is -2.47. The predicted molar refractivity (Wildman–Crippen MR) is 94.1 cm³/mol. The molecule has 0 spiro atoms. The summed E-state index contributed by atoms with van der Waals surface area (Å²) in [5.74, 6) is 1.68. The van der Waals surface area contributed by atoms with Crippen molar-refractivity contribution < 1.29 is 33.1 Å². The number of ether oxygens (including phenoxy) is 3. The van der Waals surface area contributed by atoms with Crippen LogP contribution >= 0.6 is 7.82 Å². The standard InChI is InChI=1S/C17H19O7P/c1-21-14-7-6-13(17(11-14)24-25(18,19)20)5-4-12-8-15(22-2)10-16(9-12)23-3/h4-11H,1-3H3,(H2,18,19,20)/b5-4-. The lowest BCUT2D eigenvalue weighted by Crippen LogP contribution is -1.94. The summed E-state index contributed by atoms with van der Waals surface area (Å²) >= 11 is 0. The molecule has 0 unspecified atom stereocenters. The molecule has 0 aromatic heterocycles. The predicted octanol–water partition coefficient (Wildman–Crippen LogP) is 3.35. The molecule has 0 aliphatic heterocycles. The van der Waals surface area contributed by atoms with Crippen LogP contribution in [-0.2, 0) is 4.57 Å². The molecule has 2 N–H and O–H groups in total. The fraction of sp³-hybridized carbons (Fsp3) is 0.176. The minimum atomic E-state index is -4.70. The zero-order chi connectivity index (χ0) is 18.4. The summed E-state index contributed by atoms with van der Waals surface area (Å²) in [5, 5.41) is 0. The average Bonchev–Trinajstić information content (AvgIpc) is 2.58. The lowest BCUT2D eigenvalue weighted by Gasteiger charge is -2.11. The third-order valence-electron chi connectivity index (χ3n) is 3.27. The lowest BCUT2D eigenvalue weighted by molar-refractivity contribution is 0.282. The summed E-state index contributed by atoms with van der Waals surface area (Å²) in [7, 11) is -0.136. The number of methoxy groups -OCH3 is 3. The first-order chi connectivity index (χ1) is 11.8. The molecule has 0 heterocycles. The van der Waals surface area contributed by atoms with Crippen molar-refractivity contribution in [3.63, 3.8) is 0 Å². The van der Waals surface area contributed by atoms with E-state index >= 15 is 0 Å². The largest absolute Gasteiger partial charge is 0.524 e. The normalized spacial score (nSPS) is 11.4. The van der Waals surface area contributed by atoms with Crippen LogP contribution in [0.2, 0.25) is 0 Å². The Labute approximate surface area is 145 Å². The van der Waals surface area contributed by atoms with E-state index in [0.29, 0.717) is 22.8 Å². The molecule has 2 rings (SSSR count). The molecule has 134 valence electrons. The highest BCUT2D eigenvalue weighted by Gasteiger charge is 2.18. The van der Waals surface area contributed by atoms with Crippen molar-refractivity contribution in [1.82, 2.24) is 0 Å². The minimum absolute atomic E-state index is 0.0128. The number of hydrogen-bond donors (Lipinski definition) is 2. The summed E-state index contributed by atoms with van der Waals surface area (Å²) in [5.41, 5.74) is 1.26. The Kier molecular flexibility index (Phi) is 6.09. The molecule has 2 aromatic rings. The number of benzene rings is 2. The first-order valence-electron chi connectivity index (χ1n) is 7.19. The van der Waals surface area contributed by atoms with Crippen LogP contribution < -0.4 is 18.7 Å². The number of phosphoric acid groups is 1. The van der Waals surface area contributed by atoms with Crippen molar-refractivity contribution in [3.8, 4) is 23.0 Å². The molecule has 0 aliphatic carbocycles. The number of rotatable bonds is 7. The molecule has 0 fully saturated rings. The van der Waals surface area contributed by atoms with Crippen LogP contribution in [0.1, 0.15) is 11.1 Å². The zero-order valence-electron chi connectivity index (χ0n) is 14.0. The van der Waals surface area contributed by atoms with Crippen LogP contribution in [0.25, 0.3) is 12.2 Å². The smallest absolute Gasteiger partial charge is 0.497 e. The molecule has 0 amide bonds. The zero-order valence-corrected chi connectivity index (χ0v) is 14.9. The van der Waals surface area contributed by atoms with E-state index in [9.17, 15) is 4.57 Å². The third-order valence-corrected chi connectivity index (χ3v) is 3.70. The van der Waals surface area contributed by atoms with Crippen LogP contribution in [0.15, 0.2) is 36.4 Å². The molecular weight excluding hydrogens is 347 g/mol. The Morgan fingerprint density at radius 2 is 1.44 bits per heavy atom. The van der Waals surface area contributed by atoms with E-state index in [1.165, 1.54) is 13.2 Å². The van der Waals surface area contributed by atoms with Gasteiger partial charge >= 0.3 is 7.82 Å². The summed E-state index contributed by atoms with van der Waals surface area (Å²) in [6.07, 6.45) is 3.41. The topological polar surface area (TPSA) is 94.5 Å². The SMILES string of the molecule is COc1cc(/C=C\c2ccc(OC)cc2OP(=O)(O)O)cc(OC)c1. The van der Waals surface area contributed by atoms with Crippen LogP contribution in [-0.4, -0.2) is 31.1 Å². The lowest BCUT2D eigenvalue weighted by atomic mass is 10.1. The molecule has 0 saturated carbocycles. The van der Waals surface area contributed by atoms with Gasteiger partial charge in [-0.25, -0.2) is 4.57 Å². The third kappa shape index (κ3) is 5.53. The quantitative estimate of drug-likeness (QED) is 0.573. The van der Waals surface area contributed by atoms with Crippen molar-refractivity contribution >= 4 is 20.0 Å². The van der Waals surface area contributed by atoms with Gasteiger partial charge in [-0.2, -0.15) is 0 Å². The van der Waals surface area contributed by atoms with E-state index in [-0.39, 0.29) is 5.75 Å². The Balaban J connectivity index is 2.38. The van der Waals surface area contributed by atoms with Crippen molar-refractivity contribution in [2.45, 2.75) is 0 Å². The molecule has 0 bridgehead atoms. The van der Waals surface area contributed by atoms with Gasteiger partial charge in [0.2, 0.25) is 0 Å². The molecule has 0 saturated heterocycles. The second-order valence-corrected chi connectivity index (χ2v) is 6.13. The first-order valence-corrected chi connectivity index (χ1v) is 8.72. The summed E-state index contributed by atoms with van der Waals surface area (Å²) in [6.45, 7) is 0. The van der Waals surface area contributed by atoms with Gasteiger partial charge in [0.05, 0.1) is 21.3 Å². The van der Waals surface area contributed by atoms with Crippen molar-refractivity contribution in [3.05, 3.63) is 47.5 Å². The van der Waals surface area contributed by atoms with Crippen LogP contribution in [0.3, 0.4) is 0 Å². The fourth-order valence-corrected chi connectivity index (χ4v) is 2.51. The minimum Gasteiger partial charge on any atom is -0.497 e. The molecule has 7 nitrogen and oxygen atoms in total. The summed E-state index contributed by atoms with van der Waals surface area (Å²) in [4.78, 5) is 18.1. The monoisotopic (exact) mass is 366 g/mol. The Bertz CT molecular complexity index is 788. The van der Waals surface area contributed by atoms with E-state index in [0.717, 1.165) is 5.56 Å². The highest BCUT2D eigenvalue weighted by molar-refractivity contribution is 7.46. The van der Waals surface area contributed by atoms with Crippen LogP contribution in [0.4, 0.5) is 0 Å². The van der Waals surface area contributed by atoms with Crippen molar-refractivity contribution in [2.24, 2.45) is 0 Å². The maximum Gasteiger partial charge on any atom is 0.524 e. The Morgan fingerprint density at radius 1 is 0.840 bits per heavy atom. The van der Waals surface area contributed by atoms with E-state index < -0.39 is 7.82 Å². The van der Waals surface area contributed by atoms with Gasteiger partial charge in [0.1, 0.15) is 23.0 Å². The van der Waals surface area contributed by atoms with Gasteiger partial charge in [-0.15, -0.1) is 0 Å². The van der Waals surface area contributed by atoms with Gasteiger partial charge in [0, 0.05) is 17.7 Å². The molecule has 25 heavy (non-hydrogen) atoms. The van der Waals surface area contributed by atoms with Gasteiger partial charge in [0.15, 0.2) is 0 Å². The van der Waals surface area contributed by atoms with Gasteiger partial charge in [-0.1, -0.05) is 12.2 Å². The highest BCUT2D eigenvalue weighted by atomic mass is 31.2. The summed E-state index contributed by atoms with van der Waals surface area (Å²) < 4.78 is 31.4. The van der Waals surface area contributed by atoms with Gasteiger partial charge in [0.25, 0.3) is 0 Å². The highest BCUT2D eigenvalue weighted by Crippen LogP contribution is 2.41. The molecular formula is C17H19O7P. The van der Waals surface area contributed by atoms with E-state index in [1.807, 2.05) is 0 Å². The number of phosphoric ester groups is 1. The molecule has 2 aromatic carbocycles. The van der Waals surface area contributed by atoms with Gasteiger partial charge < -0.3 is 18.7 Å². The van der Waals surface area contributed by atoms with Crippen molar-refractivity contribution in [2.75, 3.05) is 21.3 Å². The van der Waals surface area contributed by atoms with E-state index in [4.69, 9.17) is 28.5 Å². The molecule has 0 atom stereocenters. The van der Waals surface area contributed by atoms with Crippen LogP contribution in [0, 0.1) is 0 Å². The molecule has 0 radical (unpaired) electrons. The number of hydrogen-bond acceptors (Lipinski definition) is 5. The fourth-order valence-electron chi connectivity index (χ4n) is 2.10. The average molecular weight is 366 g/mol. The molecule has 0 aliphatic rings. The Morgan fingerprint density at radius 3 is 1.96 bits per heavy atom. The van der Waals surface area contributed by atoms with Crippen LogP contribution in [0.5, 0.6) is 23.0 Å². The maximum atomic E-state index is 11.2. The molecule has 8 heteroatoms. The van der Waals surface area contributed by atoms with Crippen molar-refractivity contribution in [1.29, 1.82) is 0 Å². The van der Waals surface area contributed by atoms with E-state index in [1.54, 1.807) is 56.7 Å². The van der Waals surface area contributed by atoms with E-state index in [2.05, 4.69) is 0 Å². The van der Waals surface area contributed by atoms with Gasteiger partial charge in [-0.05, 0) is 29.8 Å². The first kappa shape index (κ1) is 18.9. The summed E-state index contributed by atoms with van der Waals surface area (Å²) in [6, 6.07) is 10.0. The maximum absolute atomic E-state index is 11.2. The second kappa shape index (κ2) is 8.07. The second-order valence-electron chi connectivity index (χ2n) is 4.96.